The molecule has 0 radical (unpaired) electrons. The Labute approximate surface area is 199 Å². The number of aromatic nitrogens is 4. The Hall–Kier alpha value is -2.23. The lowest BCUT2D eigenvalue weighted by Crippen LogP contribution is -2.43. The van der Waals surface area contributed by atoms with Gasteiger partial charge in [0, 0.05) is 4.47 Å². The average molecular weight is 520 g/mol. The summed E-state index contributed by atoms with van der Waals surface area (Å²) in [6.07, 6.45) is -0.413. The van der Waals surface area contributed by atoms with Gasteiger partial charge in [-0.1, -0.05) is 48.8 Å². The first-order valence-electron chi connectivity index (χ1n) is 10.5. The third-order valence-electron chi connectivity index (χ3n) is 5.70. The number of halogens is 1. The Morgan fingerprint density at radius 1 is 1.00 bits per heavy atom. The smallest absolute Gasteiger partial charge is 0.205 e. The van der Waals surface area contributed by atoms with E-state index in [-0.39, 0.29) is 5.04 Å². The van der Waals surface area contributed by atoms with Gasteiger partial charge in [0.2, 0.25) is 5.82 Å². The molecule has 0 saturated carbocycles. The highest BCUT2D eigenvalue weighted by Crippen LogP contribution is 2.39. The van der Waals surface area contributed by atoms with Crippen LogP contribution in [0.25, 0.3) is 0 Å². The van der Waals surface area contributed by atoms with E-state index in [0.717, 1.165) is 21.5 Å². The molecule has 0 aliphatic carbocycles. The van der Waals surface area contributed by atoms with Crippen LogP contribution in [0.5, 0.6) is 11.5 Å². The lowest BCUT2D eigenvalue weighted by molar-refractivity contribution is 0.108. The highest BCUT2D eigenvalue weighted by molar-refractivity contribution is 9.10. The summed E-state index contributed by atoms with van der Waals surface area (Å²) in [5.41, 5.74) is 1.06. The minimum Gasteiger partial charge on any atom is -0.497 e. The molecule has 0 bridgehead atoms. The predicted molar refractivity (Wildman–Crippen MR) is 131 cm³/mol. The summed E-state index contributed by atoms with van der Waals surface area (Å²) in [5.74, 6) is 2.11. The standard InChI is InChI=1S/C23H31BrN4O3Si/c1-23(2,3)32(5,6)31-21(16-30-20-13-9-18(24)10-14-20)22-25-27-28(26-22)15-17-7-11-19(29-4)12-8-17/h7-14,21H,15-16H2,1-6H3. The van der Waals surface area contributed by atoms with Crippen molar-refractivity contribution in [3.05, 3.63) is 64.4 Å². The summed E-state index contributed by atoms with van der Waals surface area (Å²) in [4.78, 5) is 1.58. The van der Waals surface area contributed by atoms with Gasteiger partial charge in [0.15, 0.2) is 8.32 Å². The molecule has 0 amide bonds. The van der Waals surface area contributed by atoms with Crippen LogP contribution in [-0.4, -0.2) is 42.2 Å². The Balaban J connectivity index is 1.77. The monoisotopic (exact) mass is 518 g/mol. The van der Waals surface area contributed by atoms with Crippen molar-refractivity contribution in [2.45, 2.75) is 51.6 Å². The molecule has 1 heterocycles. The van der Waals surface area contributed by atoms with E-state index >= 15 is 0 Å². The SMILES string of the molecule is COc1ccc(Cn2nnc(C(COc3ccc(Br)cc3)O[Si](C)(C)C(C)(C)C)n2)cc1. The number of hydrogen-bond donors (Lipinski definition) is 0. The predicted octanol–water partition coefficient (Wildman–Crippen LogP) is 5.63. The normalized spacial score (nSPS) is 13.1. The molecule has 2 aromatic carbocycles. The number of methoxy groups -OCH3 is 1. The Morgan fingerprint density at radius 2 is 1.62 bits per heavy atom. The summed E-state index contributed by atoms with van der Waals surface area (Å²) in [7, 11) is -0.440. The molecule has 1 aromatic heterocycles. The van der Waals surface area contributed by atoms with Crippen molar-refractivity contribution in [3.63, 3.8) is 0 Å². The van der Waals surface area contributed by atoms with E-state index in [1.807, 2.05) is 48.5 Å². The fourth-order valence-electron chi connectivity index (χ4n) is 2.74. The number of benzene rings is 2. The van der Waals surface area contributed by atoms with Gasteiger partial charge in [-0.15, -0.1) is 10.2 Å². The minimum absolute atomic E-state index is 0.0436. The van der Waals surface area contributed by atoms with Crippen molar-refractivity contribution in [1.82, 2.24) is 20.2 Å². The van der Waals surface area contributed by atoms with E-state index < -0.39 is 14.4 Å². The third kappa shape index (κ3) is 6.40. The zero-order chi connectivity index (χ0) is 23.4. The van der Waals surface area contributed by atoms with Gasteiger partial charge in [-0.25, -0.2) is 0 Å². The van der Waals surface area contributed by atoms with Gasteiger partial charge in [0.25, 0.3) is 0 Å². The highest BCUT2D eigenvalue weighted by Gasteiger charge is 2.40. The van der Waals surface area contributed by atoms with Gasteiger partial charge in [-0.05, 0) is 65.3 Å². The van der Waals surface area contributed by atoms with Gasteiger partial charge >= 0.3 is 0 Å². The molecule has 32 heavy (non-hydrogen) atoms. The number of tetrazole rings is 1. The molecule has 0 N–H and O–H groups in total. The second-order valence-electron chi connectivity index (χ2n) is 9.16. The number of ether oxygens (including phenoxy) is 2. The highest BCUT2D eigenvalue weighted by atomic mass is 79.9. The second-order valence-corrected chi connectivity index (χ2v) is 14.8. The van der Waals surface area contributed by atoms with Crippen LogP contribution in [0.1, 0.15) is 38.3 Å². The van der Waals surface area contributed by atoms with E-state index in [2.05, 4.69) is 65.2 Å². The summed E-state index contributed by atoms with van der Waals surface area (Å²) >= 11 is 3.45. The van der Waals surface area contributed by atoms with Crippen molar-refractivity contribution in [1.29, 1.82) is 0 Å². The van der Waals surface area contributed by atoms with Crippen LogP contribution >= 0.6 is 15.9 Å². The summed E-state index contributed by atoms with van der Waals surface area (Å²) in [6.45, 7) is 11.9. The van der Waals surface area contributed by atoms with Crippen LogP contribution in [0.15, 0.2) is 53.0 Å². The first-order valence-corrected chi connectivity index (χ1v) is 14.2. The van der Waals surface area contributed by atoms with E-state index in [1.54, 1.807) is 11.9 Å². The summed E-state index contributed by atoms with van der Waals surface area (Å²) in [6, 6.07) is 15.5. The molecular weight excluding hydrogens is 488 g/mol. The van der Waals surface area contributed by atoms with Gasteiger partial charge in [-0.2, -0.15) is 4.80 Å². The third-order valence-corrected chi connectivity index (χ3v) is 10.7. The molecule has 0 aliphatic rings. The molecule has 0 saturated heterocycles. The van der Waals surface area contributed by atoms with Crippen molar-refractivity contribution in [3.8, 4) is 11.5 Å². The van der Waals surface area contributed by atoms with Crippen molar-refractivity contribution in [2.24, 2.45) is 0 Å². The molecule has 3 rings (SSSR count). The van der Waals surface area contributed by atoms with Crippen LogP contribution in [0.4, 0.5) is 0 Å². The number of rotatable bonds is 9. The van der Waals surface area contributed by atoms with Gasteiger partial charge in [-0.3, -0.25) is 0 Å². The van der Waals surface area contributed by atoms with Crippen LogP contribution in [0.2, 0.25) is 18.1 Å². The largest absolute Gasteiger partial charge is 0.497 e. The molecule has 3 aromatic rings. The zero-order valence-electron chi connectivity index (χ0n) is 19.5. The maximum atomic E-state index is 6.64. The van der Waals surface area contributed by atoms with Crippen molar-refractivity contribution < 1.29 is 13.9 Å². The first kappa shape index (κ1) is 24.4. The van der Waals surface area contributed by atoms with E-state index in [0.29, 0.717) is 19.0 Å². The second kappa shape index (κ2) is 10.1. The minimum atomic E-state index is -2.09. The van der Waals surface area contributed by atoms with Crippen LogP contribution in [0, 0.1) is 0 Å². The van der Waals surface area contributed by atoms with E-state index in [9.17, 15) is 0 Å². The zero-order valence-corrected chi connectivity index (χ0v) is 22.1. The maximum Gasteiger partial charge on any atom is 0.205 e. The molecule has 1 unspecified atom stereocenters. The van der Waals surface area contributed by atoms with Gasteiger partial charge in [0.1, 0.15) is 24.2 Å². The molecule has 0 aliphatic heterocycles. The summed E-state index contributed by atoms with van der Waals surface area (Å²) < 4.78 is 18.9. The fraction of sp³-hybridized carbons (Fsp3) is 0.435. The first-order chi connectivity index (χ1) is 15.1. The van der Waals surface area contributed by atoms with Crippen molar-refractivity contribution >= 4 is 24.2 Å². The molecule has 1 atom stereocenters. The Morgan fingerprint density at radius 3 is 2.22 bits per heavy atom. The molecule has 172 valence electrons. The fourth-order valence-corrected chi connectivity index (χ4v) is 4.24. The Bertz CT molecular complexity index is 1000. The van der Waals surface area contributed by atoms with Crippen LogP contribution < -0.4 is 9.47 Å². The molecular formula is C23H31BrN4O3Si. The quantitative estimate of drug-likeness (QED) is 0.341. The van der Waals surface area contributed by atoms with Gasteiger partial charge < -0.3 is 13.9 Å². The molecule has 9 heteroatoms. The Kier molecular flexibility index (Phi) is 7.74. The molecule has 0 fully saturated rings. The van der Waals surface area contributed by atoms with E-state index in [4.69, 9.17) is 13.9 Å². The van der Waals surface area contributed by atoms with Gasteiger partial charge in [0.05, 0.1) is 13.7 Å². The summed E-state index contributed by atoms with van der Waals surface area (Å²) in [5, 5.41) is 13.2. The number of hydrogen-bond acceptors (Lipinski definition) is 6. The maximum absolute atomic E-state index is 6.64. The van der Waals surface area contributed by atoms with Crippen molar-refractivity contribution in [2.75, 3.05) is 13.7 Å². The topological polar surface area (TPSA) is 71.3 Å². The van der Waals surface area contributed by atoms with E-state index in [1.165, 1.54) is 0 Å². The average Bonchev–Trinajstić information content (AvgIpc) is 3.20. The van der Waals surface area contributed by atoms with Crippen LogP contribution in [-0.2, 0) is 11.0 Å². The number of nitrogens with zero attached hydrogens (tertiary/aromatic N) is 4. The lowest BCUT2D eigenvalue weighted by atomic mass is 10.2. The van der Waals surface area contributed by atoms with Crippen LogP contribution in [0.3, 0.4) is 0 Å². The molecule has 7 nitrogen and oxygen atoms in total. The molecule has 0 spiro atoms. The lowest BCUT2D eigenvalue weighted by Gasteiger charge is -2.38.